The summed E-state index contributed by atoms with van der Waals surface area (Å²) in [6, 6.07) is 18.4. The first-order chi connectivity index (χ1) is 14.5. The number of ether oxygens (including phenoxy) is 1. The normalized spacial score (nSPS) is 10.7. The first kappa shape index (κ1) is 20.1. The van der Waals surface area contributed by atoms with E-state index in [-0.39, 0.29) is 23.6 Å². The SMILES string of the molecule is C#CCOc1ccc2ccccc2c1/C=C(\C#N)C(=O)Nc1cccc([N+](=O)[O-])c1. The molecule has 0 aliphatic heterocycles. The maximum atomic E-state index is 12.6. The highest BCUT2D eigenvalue weighted by Gasteiger charge is 2.15. The van der Waals surface area contributed by atoms with Crippen molar-refractivity contribution >= 4 is 34.1 Å². The zero-order valence-electron chi connectivity index (χ0n) is 15.7. The number of anilines is 1. The predicted molar refractivity (Wildman–Crippen MR) is 114 cm³/mol. The topological polar surface area (TPSA) is 105 Å². The number of nitrogens with one attached hydrogen (secondary N) is 1. The molecule has 1 N–H and O–H groups in total. The van der Waals surface area contributed by atoms with Crippen molar-refractivity contribution in [3.05, 3.63) is 81.9 Å². The van der Waals surface area contributed by atoms with Crippen LogP contribution in [0.2, 0.25) is 0 Å². The van der Waals surface area contributed by atoms with Crippen LogP contribution in [0.4, 0.5) is 11.4 Å². The molecule has 7 heteroatoms. The van der Waals surface area contributed by atoms with E-state index in [1.54, 1.807) is 6.07 Å². The summed E-state index contributed by atoms with van der Waals surface area (Å²) in [5.74, 6) is 2.12. The minimum absolute atomic E-state index is 0.0287. The van der Waals surface area contributed by atoms with Gasteiger partial charge in [-0.3, -0.25) is 14.9 Å². The standard InChI is InChI=1S/C23H15N3O4/c1-2-12-30-22-11-10-16-6-3-4-9-20(16)21(22)13-17(15-24)23(27)25-18-7-5-8-19(14-18)26(28)29/h1,3-11,13-14H,12H2,(H,25,27)/b17-13+. The van der Waals surface area contributed by atoms with Crippen LogP contribution in [-0.4, -0.2) is 17.4 Å². The third-order valence-corrected chi connectivity index (χ3v) is 4.21. The number of non-ortho nitro benzene ring substituents is 1. The molecule has 0 radical (unpaired) electrons. The van der Waals surface area contributed by atoms with Gasteiger partial charge in [-0.15, -0.1) is 6.42 Å². The molecule has 0 heterocycles. The van der Waals surface area contributed by atoms with Gasteiger partial charge in [-0.2, -0.15) is 5.26 Å². The van der Waals surface area contributed by atoms with Crippen molar-refractivity contribution in [1.29, 1.82) is 5.26 Å². The monoisotopic (exact) mass is 397 g/mol. The quantitative estimate of drug-likeness (QED) is 0.219. The van der Waals surface area contributed by atoms with Crippen LogP contribution in [0.3, 0.4) is 0 Å². The van der Waals surface area contributed by atoms with Crippen molar-refractivity contribution in [3.8, 4) is 24.2 Å². The molecule has 0 saturated carbocycles. The van der Waals surface area contributed by atoms with Gasteiger partial charge in [0.25, 0.3) is 11.6 Å². The molecule has 3 rings (SSSR count). The minimum Gasteiger partial charge on any atom is -0.480 e. The first-order valence-corrected chi connectivity index (χ1v) is 8.79. The van der Waals surface area contributed by atoms with Gasteiger partial charge in [0.05, 0.1) is 4.92 Å². The van der Waals surface area contributed by atoms with Gasteiger partial charge in [-0.25, -0.2) is 0 Å². The number of hydrogen-bond acceptors (Lipinski definition) is 5. The number of carbonyl (C=O) groups is 1. The highest BCUT2D eigenvalue weighted by atomic mass is 16.6. The van der Waals surface area contributed by atoms with E-state index in [0.29, 0.717) is 11.3 Å². The average Bonchev–Trinajstić information content (AvgIpc) is 2.76. The molecule has 0 bridgehead atoms. The zero-order chi connectivity index (χ0) is 21.5. The van der Waals surface area contributed by atoms with E-state index in [1.807, 2.05) is 36.4 Å². The van der Waals surface area contributed by atoms with E-state index in [0.717, 1.165) is 10.8 Å². The molecule has 0 spiro atoms. The van der Waals surface area contributed by atoms with Gasteiger partial charge >= 0.3 is 0 Å². The van der Waals surface area contributed by atoms with Crippen molar-refractivity contribution in [2.24, 2.45) is 0 Å². The van der Waals surface area contributed by atoms with Crippen LogP contribution in [-0.2, 0) is 4.79 Å². The Balaban J connectivity index is 2.01. The zero-order valence-corrected chi connectivity index (χ0v) is 15.7. The molecule has 0 atom stereocenters. The Kier molecular flexibility index (Phi) is 6.07. The molecule has 7 nitrogen and oxygen atoms in total. The van der Waals surface area contributed by atoms with Gasteiger partial charge in [0.15, 0.2) is 0 Å². The van der Waals surface area contributed by atoms with E-state index >= 15 is 0 Å². The lowest BCUT2D eigenvalue weighted by atomic mass is 10.0. The van der Waals surface area contributed by atoms with Gasteiger partial charge in [0.2, 0.25) is 0 Å². The largest absolute Gasteiger partial charge is 0.480 e. The first-order valence-electron chi connectivity index (χ1n) is 8.79. The van der Waals surface area contributed by atoms with Crippen molar-refractivity contribution in [2.75, 3.05) is 11.9 Å². The number of amides is 1. The Labute approximate surface area is 172 Å². The summed E-state index contributed by atoms with van der Waals surface area (Å²) in [7, 11) is 0. The highest BCUT2D eigenvalue weighted by molar-refractivity contribution is 6.11. The predicted octanol–water partition coefficient (Wildman–Crippen LogP) is 4.31. The number of terminal acetylenes is 1. The minimum atomic E-state index is -0.700. The molecule has 0 fully saturated rings. The second kappa shape index (κ2) is 9.05. The molecule has 146 valence electrons. The lowest BCUT2D eigenvalue weighted by Gasteiger charge is -2.11. The van der Waals surface area contributed by atoms with E-state index in [4.69, 9.17) is 11.2 Å². The van der Waals surface area contributed by atoms with Crippen LogP contribution < -0.4 is 10.1 Å². The summed E-state index contributed by atoms with van der Waals surface area (Å²) in [4.78, 5) is 23.0. The van der Waals surface area contributed by atoms with E-state index < -0.39 is 10.8 Å². The molecule has 0 unspecified atom stereocenters. The van der Waals surface area contributed by atoms with Gasteiger partial charge in [0, 0.05) is 23.4 Å². The summed E-state index contributed by atoms with van der Waals surface area (Å²) >= 11 is 0. The van der Waals surface area contributed by atoms with Crippen molar-refractivity contribution in [3.63, 3.8) is 0 Å². The van der Waals surface area contributed by atoms with Gasteiger partial charge in [-0.05, 0) is 29.0 Å². The van der Waals surface area contributed by atoms with Crippen LogP contribution in [0.15, 0.2) is 66.2 Å². The Morgan fingerprint density at radius 1 is 1.20 bits per heavy atom. The molecule has 0 saturated heterocycles. The Morgan fingerprint density at radius 2 is 2.00 bits per heavy atom. The molecule has 3 aromatic carbocycles. The number of benzene rings is 3. The van der Waals surface area contributed by atoms with Crippen LogP contribution in [0.1, 0.15) is 5.56 Å². The van der Waals surface area contributed by atoms with E-state index in [9.17, 15) is 20.2 Å². The summed E-state index contributed by atoms with van der Waals surface area (Å²) in [5.41, 5.74) is 0.379. The highest BCUT2D eigenvalue weighted by Crippen LogP contribution is 2.30. The van der Waals surface area contributed by atoms with E-state index in [2.05, 4.69) is 11.2 Å². The number of nitrogens with zero attached hydrogens (tertiary/aromatic N) is 2. The molecular formula is C23H15N3O4. The summed E-state index contributed by atoms with van der Waals surface area (Å²) < 4.78 is 5.58. The van der Waals surface area contributed by atoms with E-state index in [1.165, 1.54) is 30.3 Å². The van der Waals surface area contributed by atoms with Crippen molar-refractivity contribution in [1.82, 2.24) is 0 Å². The lowest BCUT2D eigenvalue weighted by Crippen LogP contribution is -2.13. The van der Waals surface area contributed by atoms with Gasteiger partial charge < -0.3 is 10.1 Å². The summed E-state index contributed by atoms with van der Waals surface area (Å²) in [6.07, 6.45) is 6.70. The smallest absolute Gasteiger partial charge is 0.271 e. The molecular weight excluding hydrogens is 382 g/mol. The molecule has 3 aromatic rings. The number of fused-ring (bicyclic) bond motifs is 1. The fourth-order valence-corrected chi connectivity index (χ4v) is 2.86. The van der Waals surface area contributed by atoms with Crippen molar-refractivity contribution < 1.29 is 14.5 Å². The molecule has 0 aliphatic carbocycles. The molecule has 30 heavy (non-hydrogen) atoms. The second-order valence-corrected chi connectivity index (χ2v) is 6.12. The van der Waals surface area contributed by atoms with Gasteiger partial charge in [0.1, 0.15) is 24.0 Å². The molecule has 0 aromatic heterocycles. The lowest BCUT2D eigenvalue weighted by molar-refractivity contribution is -0.384. The maximum Gasteiger partial charge on any atom is 0.271 e. The number of carbonyl (C=O) groups excluding carboxylic acids is 1. The average molecular weight is 397 g/mol. The summed E-state index contributed by atoms with van der Waals surface area (Å²) in [6.45, 7) is 0.0287. The number of nitriles is 1. The maximum absolute atomic E-state index is 12.6. The van der Waals surface area contributed by atoms with Crippen molar-refractivity contribution in [2.45, 2.75) is 0 Å². The Morgan fingerprint density at radius 3 is 2.73 bits per heavy atom. The van der Waals surface area contributed by atoms with Crippen LogP contribution in [0.25, 0.3) is 16.8 Å². The van der Waals surface area contributed by atoms with Crippen LogP contribution >= 0.6 is 0 Å². The van der Waals surface area contributed by atoms with Crippen LogP contribution in [0.5, 0.6) is 5.75 Å². The Bertz CT molecular complexity index is 1250. The van der Waals surface area contributed by atoms with Crippen LogP contribution in [0, 0.1) is 33.8 Å². The molecule has 0 aliphatic rings. The number of rotatable bonds is 6. The van der Waals surface area contributed by atoms with Gasteiger partial charge in [-0.1, -0.05) is 42.3 Å². The fraction of sp³-hybridized carbons (Fsp3) is 0.0435. The number of nitro groups is 1. The summed E-state index contributed by atoms with van der Waals surface area (Å²) in [5, 5.41) is 24.7. The number of nitro benzene ring substituents is 1. The second-order valence-electron chi connectivity index (χ2n) is 6.12. The molecule has 1 amide bonds. The number of hydrogen-bond donors (Lipinski definition) is 1. The third-order valence-electron chi connectivity index (χ3n) is 4.21. The Hall–Kier alpha value is -4.62. The fourth-order valence-electron chi connectivity index (χ4n) is 2.86. The third kappa shape index (κ3) is 4.44.